The van der Waals surface area contributed by atoms with Gasteiger partial charge in [0.1, 0.15) is 11.8 Å². The molecule has 0 unspecified atom stereocenters. The smallest absolute Gasteiger partial charge is 0.414 e. The summed E-state index contributed by atoms with van der Waals surface area (Å²) in [5.41, 5.74) is 0.413. The molecule has 3 saturated heterocycles. The van der Waals surface area contributed by atoms with E-state index in [0.29, 0.717) is 26.1 Å². The van der Waals surface area contributed by atoms with Crippen molar-refractivity contribution in [3.8, 4) is 0 Å². The molecule has 0 aliphatic carbocycles. The fourth-order valence-electron chi connectivity index (χ4n) is 4.01. The van der Waals surface area contributed by atoms with Gasteiger partial charge < -0.3 is 9.64 Å². The van der Waals surface area contributed by atoms with E-state index in [1.807, 2.05) is 11.8 Å². The number of carbonyl (C=O) groups is 1. The molecule has 1 aromatic carbocycles. The van der Waals surface area contributed by atoms with Crippen LogP contribution < -0.4 is 9.80 Å². The summed E-state index contributed by atoms with van der Waals surface area (Å²) in [6, 6.07) is 2.44. The van der Waals surface area contributed by atoms with Crippen molar-refractivity contribution >= 4 is 29.2 Å². The van der Waals surface area contributed by atoms with E-state index in [1.54, 1.807) is 17.3 Å². The van der Waals surface area contributed by atoms with Crippen LogP contribution in [0.3, 0.4) is 0 Å². The molecule has 0 radical (unpaired) electrons. The number of ether oxygens (including phenoxy) is 1. The number of aryl methyl sites for hydroxylation is 1. The van der Waals surface area contributed by atoms with Crippen LogP contribution in [0.5, 0.6) is 0 Å². The fourth-order valence-corrected chi connectivity index (χ4v) is 5.15. The molecule has 2 aromatic rings. The lowest BCUT2D eigenvalue weighted by atomic mass is 9.82. The number of amides is 1. The lowest BCUT2D eigenvalue weighted by Gasteiger charge is -2.56. The van der Waals surface area contributed by atoms with Crippen LogP contribution in [0.4, 0.5) is 25.0 Å². The minimum absolute atomic E-state index is 0.000135. The summed E-state index contributed by atoms with van der Waals surface area (Å²) < 4.78 is 34.7. The molecule has 7 nitrogen and oxygen atoms in total. The molecule has 5 rings (SSSR count). The van der Waals surface area contributed by atoms with Crippen LogP contribution in [0.2, 0.25) is 0 Å². The van der Waals surface area contributed by atoms with Crippen LogP contribution >= 0.6 is 11.8 Å². The van der Waals surface area contributed by atoms with Gasteiger partial charge in [0, 0.05) is 48.6 Å². The predicted molar refractivity (Wildman–Crippen MR) is 101 cm³/mol. The van der Waals surface area contributed by atoms with E-state index in [9.17, 15) is 13.6 Å². The molecule has 3 aliphatic heterocycles. The molecule has 148 valence electrons. The highest BCUT2D eigenvalue weighted by Crippen LogP contribution is 2.48. The second kappa shape index (κ2) is 6.61. The number of thioether (sulfide) groups is 1. The number of hydrogen-bond donors (Lipinski definition) is 0. The van der Waals surface area contributed by atoms with Crippen molar-refractivity contribution in [2.24, 2.45) is 5.41 Å². The number of nitrogens with zero attached hydrogens (tertiary/aromatic N) is 5. The quantitative estimate of drug-likeness (QED) is 0.759. The maximum Gasteiger partial charge on any atom is 0.414 e. The van der Waals surface area contributed by atoms with E-state index in [1.165, 1.54) is 21.8 Å². The highest BCUT2D eigenvalue weighted by Gasteiger charge is 2.49. The van der Waals surface area contributed by atoms with Crippen molar-refractivity contribution in [2.75, 3.05) is 40.9 Å². The summed E-state index contributed by atoms with van der Waals surface area (Å²) in [5.74, 6) is 0.822. The maximum absolute atomic E-state index is 14.7. The number of halogens is 2. The van der Waals surface area contributed by atoms with Gasteiger partial charge in [-0.3, -0.25) is 4.90 Å². The van der Waals surface area contributed by atoms with E-state index in [0.717, 1.165) is 11.5 Å². The largest absolute Gasteiger partial charge is 0.444 e. The Kier molecular flexibility index (Phi) is 4.18. The second-order valence-corrected chi connectivity index (χ2v) is 8.62. The molecule has 1 spiro atoms. The van der Waals surface area contributed by atoms with Crippen LogP contribution in [0.25, 0.3) is 0 Å². The van der Waals surface area contributed by atoms with Crippen LogP contribution in [-0.2, 0) is 11.3 Å². The van der Waals surface area contributed by atoms with Gasteiger partial charge in [0.15, 0.2) is 11.6 Å². The minimum atomic E-state index is -0.645. The van der Waals surface area contributed by atoms with Crippen molar-refractivity contribution in [1.82, 2.24) is 15.0 Å². The highest BCUT2D eigenvalue weighted by atomic mass is 32.2. The Morgan fingerprint density at radius 3 is 2.46 bits per heavy atom. The number of aromatic nitrogens is 3. The Labute approximate surface area is 164 Å². The van der Waals surface area contributed by atoms with Crippen LogP contribution in [0.1, 0.15) is 6.42 Å². The monoisotopic (exact) mass is 407 g/mol. The molecule has 0 bridgehead atoms. The van der Waals surface area contributed by atoms with Crippen molar-refractivity contribution in [3.05, 3.63) is 36.2 Å². The SMILES string of the molecule is O=C1O[C@@H](CCn2nccn2)CN1c1cc(F)c(N2CC3(CSC3)C2)c(F)c1. The van der Waals surface area contributed by atoms with Gasteiger partial charge in [-0.25, -0.2) is 13.6 Å². The molecule has 1 atom stereocenters. The average Bonchev–Trinajstić information content (AvgIpc) is 3.21. The van der Waals surface area contributed by atoms with E-state index in [4.69, 9.17) is 4.74 Å². The second-order valence-electron chi connectivity index (χ2n) is 7.64. The maximum atomic E-state index is 14.7. The number of carbonyl (C=O) groups excluding carboxylic acids is 1. The van der Waals surface area contributed by atoms with E-state index in [-0.39, 0.29) is 29.4 Å². The van der Waals surface area contributed by atoms with Gasteiger partial charge in [-0.05, 0) is 0 Å². The normalized spacial score (nSPS) is 22.9. The Morgan fingerprint density at radius 2 is 1.86 bits per heavy atom. The lowest BCUT2D eigenvalue weighted by molar-refractivity contribution is 0.132. The third-order valence-corrected chi connectivity index (χ3v) is 7.12. The first-order valence-electron chi connectivity index (χ1n) is 9.17. The van der Waals surface area contributed by atoms with Crippen molar-refractivity contribution in [1.29, 1.82) is 0 Å². The molecule has 1 amide bonds. The first kappa shape index (κ1) is 17.7. The molecule has 3 fully saturated rings. The van der Waals surface area contributed by atoms with Gasteiger partial charge in [-0.1, -0.05) is 0 Å². The van der Waals surface area contributed by atoms with Crippen LogP contribution in [-0.4, -0.2) is 58.3 Å². The summed E-state index contributed by atoms with van der Waals surface area (Å²) >= 11 is 1.87. The summed E-state index contributed by atoms with van der Waals surface area (Å²) in [6.07, 6.45) is 2.69. The van der Waals surface area contributed by atoms with Crippen LogP contribution in [0, 0.1) is 17.0 Å². The van der Waals surface area contributed by atoms with Gasteiger partial charge in [0.2, 0.25) is 0 Å². The topological polar surface area (TPSA) is 63.5 Å². The Balaban J connectivity index is 1.27. The fraction of sp³-hybridized carbons (Fsp3) is 0.500. The molecule has 0 saturated carbocycles. The molecule has 0 N–H and O–H groups in total. The molecular weight excluding hydrogens is 388 g/mol. The molecule has 4 heterocycles. The van der Waals surface area contributed by atoms with Gasteiger partial charge in [-0.15, -0.1) is 0 Å². The Morgan fingerprint density at radius 1 is 1.18 bits per heavy atom. The summed E-state index contributed by atoms with van der Waals surface area (Å²) in [6.45, 7) is 2.10. The zero-order valence-electron chi connectivity index (χ0n) is 15.1. The predicted octanol–water partition coefficient (Wildman–Crippen LogP) is 2.53. The zero-order valence-corrected chi connectivity index (χ0v) is 15.9. The van der Waals surface area contributed by atoms with Gasteiger partial charge in [-0.2, -0.15) is 26.8 Å². The molecule has 1 aromatic heterocycles. The van der Waals surface area contributed by atoms with E-state index in [2.05, 4.69) is 10.2 Å². The average molecular weight is 407 g/mol. The molecule has 10 heteroatoms. The number of benzene rings is 1. The number of hydrogen-bond acceptors (Lipinski definition) is 6. The van der Waals surface area contributed by atoms with Crippen molar-refractivity contribution in [3.63, 3.8) is 0 Å². The number of cyclic esters (lactones) is 1. The number of anilines is 2. The number of rotatable bonds is 5. The van der Waals surface area contributed by atoms with Gasteiger partial charge in [0.05, 0.1) is 31.2 Å². The molecular formula is C18H19F2N5O2S. The van der Waals surface area contributed by atoms with E-state index < -0.39 is 17.7 Å². The lowest BCUT2D eigenvalue weighted by Crippen LogP contribution is -2.63. The highest BCUT2D eigenvalue weighted by molar-refractivity contribution is 8.00. The Bertz CT molecular complexity index is 874. The molecule has 28 heavy (non-hydrogen) atoms. The molecule has 3 aliphatic rings. The van der Waals surface area contributed by atoms with Crippen molar-refractivity contribution in [2.45, 2.75) is 19.1 Å². The van der Waals surface area contributed by atoms with E-state index >= 15 is 0 Å². The summed E-state index contributed by atoms with van der Waals surface area (Å²) in [4.78, 5) is 16.7. The Hall–Kier alpha value is -2.36. The summed E-state index contributed by atoms with van der Waals surface area (Å²) in [5, 5.41) is 8.01. The summed E-state index contributed by atoms with van der Waals surface area (Å²) in [7, 11) is 0. The third-order valence-electron chi connectivity index (χ3n) is 5.49. The van der Waals surface area contributed by atoms with Crippen molar-refractivity contribution < 1.29 is 18.3 Å². The first-order chi connectivity index (χ1) is 13.5. The first-order valence-corrected chi connectivity index (χ1v) is 10.3. The van der Waals surface area contributed by atoms with Crippen LogP contribution in [0.15, 0.2) is 24.5 Å². The zero-order chi connectivity index (χ0) is 19.3. The standard InChI is InChI=1S/C18H19F2N5O2S/c19-14-5-12(6-15(20)16(14)23-8-18(9-23)10-28-11-18)24-7-13(27-17(24)26)1-4-25-21-2-3-22-25/h2-3,5-6,13H,1,4,7-11H2/t13-/m0/s1. The third kappa shape index (κ3) is 2.99. The minimum Gasteiger partial charge on any atom is -0.444 e. The van der Waals surface area contributed by atoms with Gasteiger partial charge >= 0.3 is 6.09 Å². The van der Waals surface area contributed by atoms with Gasteiger partial charge in [0.25, 0.3) is 0 Å².